The number of rotatable bonds is 5. The van der Waals surface area contributed by atoms with E-state index in [-0.39, 0.29) is 19.1 Å². The predicted molar refractivity (Wildman–Crippen MR) is 85.1 cm³/mol. The van der Waals surface area contributed by atoms with E-state index in [1.807, 2.05) is 24.3 Å². The second-order valence-electron chi connectivity index (χ2n) is 5.87. The Balaban J connectivity index is 1.97. The zero-order valence-electron chi connectivity index (χ0n) is 13.0. The number of hydrogen-bond donors (Lipinski definition) is 2. The van der Waals surface area contributed by atoms with Crippen LogP contribution in [0.4, 0.5) is 5.69 Å². The molecule has 5 heteroatoms. The molecule has 1 aromatic carbocycles. The highest BCUT2D eigenvalue weighted by Crippen LogP contribution is 2.32. The van der Waals surface area contributed by atoms with Crippen molar-refractivity contribution in [2.24, 2.45) is 0 Å². The van der Waals surface area contributed by atoms with Crippen LogP contribution in [0.25, 0.3) is 0 Å². The second kappa shape index (κ2) is 7.28. The van der Waals surface area contributed by atoms with Crippen molar-refractivity contribution in [3.05, 3.63) is 29.8 Å². The summed E-state index contributed by atoms with van der Waals surface area (Å²) >= 11 is 0. The summed E-state index contributed by atoms with van der Waals surface area (Å²) < 4.78 is 0. The standard InChI is InChI=1S/C17H23N3O2/c1-20(17(13-18)8-3-2-4-9-17)16(22)11-19-15-7-5-6-14(10-15)12-21/h5-7,10,19,21H,2-4,8-9,11-12H2,1H3. The van der Waals surface area contributed by atoms with Gasteiger partial charge in [-0.1, -0.05) is 31.4 Å². The molecule has 0 aromatic heterocycles. The maximum Gasteiger partial charge on any atom is 0.242 e. The van der Waals surface area contributed by atoms with Gasteiger partial charge in [0.1, 0.15) is 5.54 Å². The van der Waals surface area contributed by atoms with E-state index in [9.17, 15) is 10.1 Å². The quantitative estimate of drug-likeness (QED) is 0.874. The number of aliphatic hydroxyl groups is 1. The van der Waals surface area contributed by atoms with Crippen LogP contribution in [0.5, 0.6) is 0 Å². The molecule has 1 aromatic rings. The number of anilines is 1. The highest BCUT2D eigenvalue weighted by atomic mass is 16.3. The van der Waals surface area contributed by atoms with Gasteiger partial charge in [0.05, 0.1) is 19.2 Å². The molecular formula is C17H23N3O2. The fourth-order valence-electron chi connectivity index (χ4n) is 2.97. The van der Waals surface area contributed by atoms with Gasteiger partial charge >= 0.3 is 0 Å². The number of nitrogens with one attached hydrogen (secondary N) is 1. The molecule has 1 aliphatic carbocycles. The molecule has 2 rings (SSSR count). The first-order valence-corrected chi connectivity index (χ1v) is 7.73. The van der Waals surface area contributed by atoms with E-state index in [0.29, 0.717) is 0 Å². The molecule has 0 aliphatic heterocycles. The van der Waals surface area contributed by atoms with Crippen molar-refractivity contribution in [1.82, 2.24) is 4.90 Å². The summed E-state index contributed by atoms with van der Waals surface area (Å²) in [5, 5.41) is 21.7. The maximum absolute atomic E-state index is 12.4. The van der Waals surface area contributed by atoms with Crippen LogP contribution >= 0.6 is 0 Å². The number of nitriles is 1. The van der Waals surface area contributed by atoms with E-state index < -0.39 is 5.54 Å². The molecule has 1 aliphatic rings. The lowest BCUT2D eigenvalue weighted by molar-refractivity contribution is -0.132. The molecule has 2 N–H and O–H groups in total. The smallest absolute Gasteiger partial charge is 0.242 e. The Hall–Kier alpha value is -2.06. The lowest BCUT2D eigenvalue weighted by Gasteiger charge is -2.39. The average Bonchev–Trinajstić information content (AvgIpc) is 2.59. The van der Waals surface area contributed by atoms with E-state index in [0.717, 1.165) is 43.4 Å². The van der Waals surface area contributed by atoms with Crippen molar-refractivity contribution in [2.75, 3.05) is 18.9 Å². The van der Waals surface area contributed by atoms with Crippen LogP contribution in [0.15, 0.2) is 24.3 Å². The Bertz CT molecular complexity index is 559. The highest BCUT2D eigenvalue weighted by molar-refractivity contribution is 5.81. The minimum Gasteiger partial charge on any atom is -0.392 e. The van der Waals surface area contributed by atoms with E-state index >= 15 is 0 Å². The van der Waals surface area contributed by atoms with Gasteiger partial charge in [-0.2, -0.15) is 5.26 Å². The number of amides is 1. The molecule has 0 heterocycles. The maximum atomic E-state index is 12.4. The molecule has 0 atom stereocenters. The van der Waals surface area contributed by atoms with E-state index in [2.05, 4.69) is 11.4 Å². The number of carbonyl (C=O) groups excluding carboxylic acids is 1. The van der Waals surface area contributed by atoms with Crippen molar-refractivity contribution < 1.29 is 9.90 Å². The molecule has 0 radical (unpaired) electrons. The minimum absolute atomic E-state index is 0.0269. The number of aliphatic hydroxyl groups excluding tert-OH is 1. The van der Waals surface area contributed by atoms with Crippen LogP contribution in [0.3, 0.4) is 0 Å². The van der Waals surface area contributed by atoms with Crippen LogP contribution in [0.1, 0.15) is 37.7 Å². The predicted octanol–water partition coefficient (Wildman–Crippen LogP) is 2.28. The third-order valence-corrected chi connectivity index (χ3v) is 4.46. The van der Waals surface area contributed by atoms with Crippen molar-refractivity contribution in [3.8, 4) is 6.07 Å². The molecule has 1 amide bonds. The Morgan fingerprint density at radius 2 is 2.14 bits per heavy atom. The number of likely N-dealkylation sites (N-methyl/N-ethyl adjacent to an activating group) is 1. The summed E-state index contributed by atoms with van der Waals surface area (Å²) in [6, 6.07) is 9.69. The lowest BCUT2D eigenvalue weighted by atomic mass is 9.81. The van der Waals surface area contributed by atoms with Crippen LogP contribution in [-0.4, -0.2) is 35.0 Å². The number of benzene rings is 1. The Morgan fingerprint density at radius 1 is 1.41 bits per heavy atom. The zero-order valence-corrected chi connectivity index (χ0v) is 13.0. The summed E-state index contributed by atoms with van der Waals surface area (Å²) in [7, 11) is 1.72. The van der Waals surface area contributed by atoms with Gasteiger partial charge in [-0.05, 0) is 30.5 Å². The van der Waals surface area contributed by atoms with Gasteiger partial charge in [-0.15, -0.1) is 0 Å². The van der Waals surface area contributed by atoms with Gasteiger partial charge in [0.25, 0.3) is 0 Å². The largest absolute Gasteiger partial charge is 0.392 e. The molecule has 5 nitrogen and oxygen atoms in total. The third-order valence-electron chi connectivity index (χ3n) is 4.46. The highest BCUT2D eigenvalue weighted by Gasteiger charge is 2.38. The molecule has 0 bridgehead atoms. The Morgan fingerprint density at radius 3 is 2.77 bits per heavy atom. The first kappa shape index (κ1) is 16.3. The molecule has 0 saturated heterocycles. The van der Waals surface area contributed by atoms with Gasteiger partial charge in [0.2, 0.25) is 5.91 Å². The SMILES string of the molecule is CN(C(=O)CNc1cccc(CO)c1)C1(C#N)CCCCC1. The molecule has 0 unspecified atom stereocenters. The molecule has 22 heavy (non-hydrogen) atoms. The molecule has 1 fully saturated rings. The van der Waals surface area contributed by atoms with E-state index in [1.54, 1.807) is 11.9 Å². The third kappa shape index (κ3) is 3.58. The van der Waals surface area contributed by atoms with Crippen LogP contribution < -0.4 is 5.32 Å². The first-order chi connectivity index (χ1) is 10.6. The van der Waals surface area contributed by atoms with Gasteiger partial charge < -0.3 is 15.3 Å². The molecule has 0 spiro atoms. The summed E-state index contributed by atoms with van der Waals surface area (Å²) in [5.74, 6) is -0.0853. The van der Waals surface area contributed by atoms with Crippen molar-refractivity contribution in [1.29, 1.82) is 5.26 Å². The average molecular weight is 301 g/mol. The number of nitrogens with zero attached hydrogens (tertiary/aromatic N) is 2. The molecule has 1 saturated carbocycles. The summed E-state index contributed by atoms with van der Waals surface area (Å²) in [5.41, 5.74) is 0.943. The van der Waals surface area contributed by atoms with Crippen LogP contribution in [0, 0.1) is 11.3 Å². The minimum atomic E-state index is -0.649. The van der Waals surface area contributed by atoms with Gasteiger partial charge in [-0.3, -0.25) is 4.79 Å². The summed E-state index contributed by atoms with van der Waals surface area (Å²) in [4.78, 5) is 14.0. The fraction of sp³-hybridized carbons (Fsp3) is 0.529. The molecular weight excluding hydrogens is 278 g/mol. The first-order valence-electron chi connectivity index (χ1n) is 7.73. The number of carbonyl (C=O) groups is 1. The van der Waals surface area contributed by atoms with Crippen molar-refractivity contribution >= 4 is 11.6 Å². The van der Waals surface area contributed by atoms with Gasteiger partial charge in [0, 0.05) is 12.7 Å². The van der Waals surface area contributed by atoms with Crippen LogP contribution in [0.2, 0.25) is 0 Å². The van der Waals surface area contributed by atoms with Crippen LogP contribution in [-0.2, 0) is 11.4 Å². The number of hydrogen-bond acceptors (Lipinski definition) is 4. The van der Waals surface area contributed by atoms with Gasteiger partial charge in [-0.25, -0.2) is 0 Å². The monoisotopic (exact) mass is 301 g/mol. The fourth-order valence-corrected chi connectivity index (χ4v) is 2.97. The Labute approximate surface area is 131 Å². The van der Waals surface area contributed by atoms with Gasteiger partial charge in [0.15, 0.2) is 0 Å². The van der Waals surface area contributed by atoms with Crippen molar-refractivity contribution in [2.45, 2.75) is 44.2 Å². The topological polar surface area (TPSA) is 76.4 Å². The molecule has 118 valence electrons. The zero-order chi connectivity index (χ0) is 16.0. The van der Waals surface area contributed by atoms with E-state index in [1.165, 1.54) is 0 Å². The van der Waals surface area contributed by atoms with E-state index in [4.69, 9.17) is 5.11 Å². The summed E-state index contributed by atoms with van der Waals surface area (Å²) in [6.45, 7) is 0.121. The second-order valence-corrected chi connectivity index (χ2v) is 5.87. The Kier molecular flexibility index (Phi) is 5.40. The van der Waals surface area contributed by atoms with Crippen molar-refractivity contribution in [3.63, 3.8) is 0 Å². The lowest BCUT2D eigenvalue weighted by Crippen LogP contribution is -2.51. The summed E-state index contributed by atoms with van der Waals surface area (Å²) in [6.07, 6.45) is 4.64. The normalized spacial score (nSPS) is 16.6.